The highest BCUT2D eigenvalue weighted by Crippen LogP contribution is 2.36. The summed E-state index contributed by atoms with van der Waals surface area (Å²) >= 11 is 0. The zero-order chi connectivity index (χ0) is 29.9. The summed E-state index contributed by atoms with van der Waals surface area (Å²) in [4.78, 5) is 12.5. The lowest BCUT2D eigenvalue weighted by molar-refractivity contribution is -0.137. The van der Waals surface area contributed by atoms with Crippen LogP contribution in [-0.2, 0) is 22.4 Å². The van der Waals surface area contributed by atoms with Crippen LogP contribution in [0, 0.1) is 5.82 Å². The van der Waals surface area contributed by atoms with Gasteiger partial charge in [0, 0.05) is 73.7 Å². The van der Waals surface area contributed by atoms with Crippen LogP contribution in [0.25, 0.3) is 0 Å². The Morgan fingerprint density at radius 1 is 1.15 bits per heavy atom. The van der Waals surface area contributed by atoms with E-state index in [1.54, 1.807) is 6.07 Å². The van der Waals surface area contributed by atoms with Crippen LogP contribution in [0.5, 0.6) is 5.75 Å². The first-order chi connectivity index (χ1) is 19.3. The van der Waals surface area contributed by atoms with Crippen molar-refractivity contribution in [2.75, 3.05) is 73.5 Å². The number of alkyl halides is 3. The van der Waals surface area contributed by atoms with Crippen molar-refractivity contribution in [3.63, 3.8) is 0 Å². The van der Waals surface area contributed by atoms with E-state index in [4.69, 9.17) is 4.74 Å². The molecule has 41 heavy (non-hydrogen) atoms. The fraction of sp³-hybridized carbons (Fsp3) is 0.370. The van der Waals surface area contributed by atoms with Gasteiger partial charge >= 0.3 is 6.18 Å². The van der Waals surface area contributed by atoms with Gasteiger partial charge in [-0.15, -0.1) is 0 Å². The van der Waals surface area contributed by atoms with Gasteiger partial charge in [0.1, 0.15) is 22.9 Å². The minimum Gasteiger partial charge on any atom is -0.494 e. The average molecular weight is 596 g/mol. The second-order valence-corrected chi connectivity index (χ2v) is 12.3. The second kappa shape index (κ2) is 12.0. The van der Waals surface area contributed by atoms with E-state index in [1.165, 1.54) is 36.9 Å². The molecule has 222 valence electrons. The van der Waals surface area contributed by atoms with Crippen molar-refractivity contribution >= 4 is 44.4 Å². The first-order valence-corrected chi connectivity index (χ1v) is 14.8. The minimum absolute atomic E-state index is 0.0862. The Labute approximate surface area is 237 Å². The van der Waals surface area contributed by atoms with Crippen LogP contribution in [0.2, 0.25) is 0 Å². The third kappa shape index (κ3) is 7.30. The summed E-state index contributed by atoms with van der Waals surface area (Å²) in [6.45, 7) is 3.41. The summed E-state index contributed by atoms with van der Waals surface area (Å²) in [5.41, 5.74) is 0.996. The first kappa shape index (κ1) is 30.2. The molecule has 2 N–H and O–H groups in total. The maximum absolute atomic E-state index is 14.0. The molecule has 14 heteroatoms. The number of rotatable bonds is 9. The van der Waals surface area contributed by atoms with Crippen molar-refractivity contribution in [3.05, 3.63) is 59.5 Å². The lowest BCUT2D eigenvalue weighted by atomic mass is 10.1. The van der Waals surface area contributed by atoms with Crippen LogP contribution >= 0.6 is 0 Å². The van der Waals surface area contributed by atoms with Gasteiger partial charge in [-0.3, -0.25) is 0 Å². The molecule has 0 saturated carbocycles. The predicted octanol–water partition coefficient (Wildman–Crippen LogP) is 4.45. The zero-order valence-corrected chi connectivity index (χ0v) is 24.1. The third-order valence-electron chi connectivity index (χ3n) is 6.81. The Bertz CT molecular complexity index is 1490. The van der Waals surface area contributed by atoms with E-state index >= 15 is 0 Å². The van der Waals surface area contributed by atoms with Crippen molar-refractivity contribution in [2.24, 2.45) is 0 Å². The van der Waals surface area contributed by atoms with E-state index in [0.717, 1.165) is 37.9 Å². The number of halogens is 4. The van der Waals surface area contributed by atoms with E-state index in [1.807, 2.05) is 12.1 Å². The molecule has 1 unspecified atom stereocenters. The summed E-state index contributed by atoms with van der Waals surface area (Å²) < 4.78 is 74.8. The molecule has 1 atom stereocenters. The SMILES string of the molecule is C=S(C)(=O)N(C)c1cc(F)ccc1CNc1nc(Nc2ccc(N3CCN(C)CC3)cc2OC)ncc1C(F)(F)F. The smallest absolute Gasteiger partial charge is 0.421 e. The number of ether oxygens (including phenoxy) is 1. The van der Waals surface area contributed by atoms with Gasteiger partial charge in [0.15, 0.2) is 0 Å². The number of nitrogens with one attached hydrogen (secondary N) is 2. The van der Waals surface area contributed by atoms with Crippen LogP contribution in [0.4, 0.5) is 46.4 Å². The molecule has 4 rings (SSSR count). The predicted molar refractivity (Wildman–Crippen MR) is 156 cm³/mol. The van der Waals surface area contributed by atoms with Crippen molar-refractivity contribution in [1.29, 1.82) is 0 Å². The highest BCUT2D eigenvalue weighted by atomic mass is 32.2. The van der Waals surface area contributed by atoms with Crippen molar-refractivity contribution in [1.82, 2.24) is 14.9 Å². The van der Waals surface area contributed by atoms with Gasteiger partial charge in [-0.05, 0) is 42.7 Å². The molecule has 3 aromatic rings. The standard InChI is InChI=1S/C27H33F4N7O2S/c1-36-10-12-38(13-11-36)20-8-9-22(24(15-20)40-3)34-26-33-17-21(27(29,30)31)25(35-26)32-16-18-6-7-19(28)14-23(18)37(2)41(4,5)39/h6-9,14-15,17H,4,10-13,16H2,1-3,5H3,(H2,32,33,34,35). The largest absolute Gasteiger partial charge is 0.494 e. The Hall–Kier alpha value is -3.78. The maximum Gasteiger partial charge on any atom is 0.421 e. The molecule has 1 fully saturated rings. The van der Waals surface area contributed by atoms with Gasteiger partial charge in [0.25, 0.3) is 0 Å². The Kier molecular flexibility index (Phi) is 8.83. The number of hydrogen-bond donors (Lipinski definition) is 2. The molecule has 1 aromatic heterocycles. The lowest BCUT2D eigenvalue weighted by Crippen LogP contribution is -2.44. The van der Waals surface area contributed by atoms with Gasteiger partial charge in [-0.1, -0.05) is 6.07 Å². The van der Waals surface area contributed by atoms with Crippen LogP contribution < -0.4 is 24.6 Å². The normalized spacial score (nSPS) is 15.8. The molecular formula is C27H33F4N7O2S. The summed E-state index contributed by atoms with van der Waals surface area (Å²) in [5, 5.41) is 5.65. The van der Waals surface area contributed by atoms with E-state index in [0.29, 0.717) is 23.2 Å². The quantitative estimate of drug-likeness (QED) is 0.277. The number of hydrogen-bond acceptors (Lipinski definition) is 8. The molecule has 0 amide bonds. The van der Waals surface area contributed by atoms with Crippen LogP contribution in [0.3, 0.4) is 0 Å². The molecule has 0 spiro atoms. The molecular weight excluding hydrogens is 562 g/mol. The fourth-order valence-corrected chi connectivity index (χ4v) is 4.90. The van der Waals surface area contributed by atoms with Gasteiger partial charge in [0.2, 0.25) is 5.95 Å². The Morgan fingerprint density at radius 2 is 1.85 bits per heavy atom. The summed E-state index contributed by atoms with van der Waals surface area (Å²) in [6, 6.07) is 9.26. The number of methoxy groups -OCH3 is 1. The minimum atomic E-state index is -4.74. The molecule has 9 nitrogen and oxygen atoms in total. The molecule has 1 aliphatic rings. The molecule has 0 aliphatic carbocycles. The molecule has 0 radical (unpaired) electrons. The van der Waals surface area contributed by atoms with E-state index in [2.05, 4.69) is 43.3 Å². The van der Waals surface area contributed by atoms with Crippen LogP contribution in [-0.4, -0.2) is 78.6 Å². The monoisotopic (exact) mass is 595 g/mol. The maximum atomic E-state index is 14.0. The number of nitrogens with zero attached hydrogens (tertiary/aromatic N) is 5. The molecule has 1 aliphatic heterocycles. The average Bonchev–Trinajstić information content (AvgIpc) is 2.91. The van der Waals surface area contributed by atoms with E-state index < -0.39 is 33.1 Å². The van der Waals surface area contributed by atoms with Crippen molar-refractivity contribution < 1.29 is 26.5 Å². The topological polar surface area (TPSA) is 85.9 Å². The second-order valence-electron chi connectivity index (χ2n) is 9.84. The van der Waals surface area contributed by atoms with Crippen LogP contribution in [0.15, 0.2) is 42.6 Å². The molecule has 1 saturated heterocycles. The Morgan fingerprint density at radius 3 is 2.49 bits per heavy atom. The van der Waals surface area contributed by atoms with Gasteiger partial charge in [-0.25, -0.2) is 13.6 Å². The fourth-order valence-electron chi connectivity index (χ4n) is 4.32. The number of anilines is 5. The lowest BCUT2D eigenvalue weighted by Gasteiger charge is -2.34. The highest BCUT2D eigenvalue weighted by molar-refractivity contribution is 8.00. The van der Waals surface area contributed by atoms with Gasteiger partial charge < -0.3 is 29.5 Å². The Balaban J connectivity index is 1.60. The van der Waals surface area contributed by atoms with E-state index in [9.17, 15) is 21.8 Å². The summed E-state index contributed by atoms with van der Waals surface area (Å²) in [5.74, 6) is 2.93. The molecule has 2 aromatic carbocycles. The van der Waals surface area contributed by atoms with Crippen molar-refractivity contribution in [3.8, 4) is 5.75 Å². The van der Waals surface area contributed by atoms with Gasteiger partial charge in [-0.2, -0.15) is 18.2 Å². The number of likely N-dealkylation sites (N-methyl/N-ethyl adjacent to an activating group) is 1. The summed E-state index contributed by atoms with van der Waals surface area (Å²) in [6.07, 6.45) is -2.67. The number of piperazine rings is 1. The number of benzene rings is 2. The van der Waals surface area contributed by atoms with Crippen LogP contribution in [0.1, 0.15) is 11.1 Å². The van der Waals surface area contributed by atoms with Crippen molar-refractivity contribution in [2.45, 2.75) is 12.7 Å². The van der Waals surface area contributed by atoms with Gasteiger partial charge in [0.05, 0.1) is 18.5 Å². The number of aromatic nitrogens is 2. The molecule has 2 heterocycles. The third-order valence-corrected chi connectivity index (χ3v) is 8.16. The first-order valence-electron chi connectivity index (χ1n) is 12.7. The molecule has 0 bridgehead atoms. The summed E-state index contributed by atoms with van der Waals surface area (Å²) in [7, 11) is 2.29. The zero-order valence-electron chi connectivity index (χ0n) is 23.3. The van der Waals surface area contributed by atoms with E-state index in [-0.39, 0.29) is 18.2 Å². The highest BCUT2D eigenvalue weighted by Gasteiger charge is 2.35.